The number of carbonyl (C=O) groups is 4. The van der Waals surface area contributed by atoms with Crippen molar-refractivity contribution in [2.45, 2.75) is 19.5 Å². The number of nitro groups is 1. The van der Waals surface area contributed by atoms with E-state index in [1.54, 1.807) is 0 Å². The molecule has 0 spiro atoms. The Hall–Kier alpha value is -4.89. The van der Waals surface area contributed by atoms with Crippen LogP contribution >= 0.6 is 23.4 Å². The molecule has 3 aromatic carbocycles. The number of carbonyl (C=O) groups excluding carboxylic acids is 4. The summed E-state index contributed by atoms with van der Waals surface area (Å²) in [5.41, 5.74) is -1.82. The number of ether oxygens (including phenoxy) is 2. The van der Waals surface area contributed by atoms with Gasteiger partial charge in [0.25, 0.3) is 11.1 Å². The summed E-state index contributed by atoms with van der Waals surface area (Å²) in [5, 5.41) is 13.3. The fourth-order valence-corrected chi connectivity index (χ4v) is 4.91. The maximum Gasteiger partial charge on any atom is 0.416 e. The van der Waals surface area contributed by atoms with Gasteiger partial charge in [-0.15, -0.1) is 0 Å². The number of esters is 1. The van der Waals surface area contributed by atoms with Crippen LogP contribution < -0.4 is 10.1 Å². The summed E-state index contributed by atoms with van der Waals surface area (Å²) in [6.45, 7) is 1.31. The maximum absolute atomic E-state index is 13.1. The Balaban J connectivity index is 1.50. The number of thioether (sulfide) groups is 1. The van der Waals surface area contributed by atoms with Crippen molar-refractivity contribution in [3.63, 3.8) is 0 Å². The number of para-hydroxylation sites is 1. The van der Waals surface area contributed by atoms with E-state index < -0.39 is 57.7 Å². The molecule has 3 amide bonds. The quantitative estimate of drug-likeness (QED) is 0.102. The predicted octanol–water partition coefficient (Wildman–Crippen LogP) is 7.30. The number of anilines is 1. The van der Waals surface area contributed by atoms with Crippen LogP contribution in [0.3, 0.4) is 0 Å². The van der Waals surface area contributed by atoms with Crippen LogP contribution in [0.25, 0.3) is 6.08 Å². The molecule has 1 fully saturated rings. The molecule has 1 saturated heterocycles. The van der Waals surface area contributed by atoms with E-state index in [9.17, 15) is 42.5 Å². The predicted molar refractivity (Wildman–Crippen MR) is 158 cm³/mol. The molecule has 0 bridgehead atoms. The number of nitrogens with one attached hydrogen (secondary N) is 1. The minimum Gasteiger partial charge on any atom is -0.462 e. The highest BCUT2D eigenvalue weighted by Crippen LogP contribution is 2.40. The van der Waals surface area contributed by atoms with Crippen molar-refractivity contribution in [2.24, 2.45) is 0 Å². The van der Waals surface area contributed by atoms with Crippen molar-refractivity contribution < 1.29 is 46.7 Å². The van der Waals surface area contributed by atoms with E-state index in [1.165, 1.54) is 48.5 Å². The van der Waals surface area contributed by atoms with Crippen molar-refractivity contribution in [1.82, 2.24) is 4.90 Å². The molecule has 0 atom stereocenters. The standard InChI is InChI=1S/C29H21ClF3N3O8S/c1-2-11-43-27(39)19-14-18(8-9-20(19)30)34-25(37)15-35-26(38)24(45-28(35)40)12-16-5-3-4-6-22(16)44-23-10-7-17(29(31,32)33)13-21(23)36(41)42/h3-10,12-14H,2,11,15H2,1H3,(H,34,37)/b24-12+. The molecule has 16 heteroatoms. The minimum atomic E-state index is -4.82. The van der Waals surface area contributed by atoms with E-state index in [0.29, 0.717) is 35.2 Å². The zero-order chi connectivity index (χ0) is 32.9. The zero-order valence-electron chi connectivity index (χ0n) is 23.1. The summed E-state index contributed by atoms with van der Waals surface area (Å²) in [7, 11) is 0. The molecule has 0 aromatic heterocycles. The van der Waals surface area contributed by atoms with Crippen molar-refractivity contribution in [3.05, 3.63) is 97.4 Å². The van der Waals surface area contributed by atoms with Crippen molar-refractivity contribution >= 4 is 63.8 Å². The average molecular weight is 664 g/mol. The van der Waals surface area contributed by atoms with Crippen LogP contribution in [0.2, 0.25) is 5.02 Å². The molecule has 0 radical (unpaired) electrons. The van der Waals surface area contributed by atoms with Crippen LogP contribution in [0.1, 0.15) is 34.8 Å². The first-order chi connectivity index (χ1) is 21.3. The molecule has 0 unspecified atom stereocenters. The molecule has 0 aliphatic carbocycles. The zero-order valence-corrected chi connectivity index (χ0v) is 24.6. The number of benzene rings is 3. The Kier molecular flexibility index (Phi) is 10.1. The van der Waals surface area contributed by atoms with Crippen LogP contribution in [-0.4, -0.2) is 46.0 Å². The number of halogens is 4. The number of amides is 3. The topological polar surface area (TPSA) is 145 Å². The molecule has 11 nitrogen and oxygen atoms in total. The lowest BCUT2D eigenvalue weighted by atomic mass is 10.1. The maximum atomic E-state index is 13.1. The molecule has 234 valence electrons. The summed E-state index contributed by atoms with van der Waals surface area (Å²) in [6.07, 6.45) is -2.98. The van der Waals surface area contributed by atoms with Gasteiger partial charge in [0.05, 0.1) is 32.6 Å². The minimum absolute atomic E-state index is 0.0135. The molecular formula is C29H21ClF3N3O8S. The molecule has 1 aliphatic rings. The van der Waals surface area contributed by atoms with Crippen LogP contribution in [0, 0.1) is 10.1 Å². The highest BCUT2D eigenvalue weighted by Gasteiger charge is 2.37. The highest BCUT2D eigenvalue weighted by atomic mass is 35.5. The molecule has 45 heavy (non-hydrogen) atoms. The van der Waals surface area contributed by atoms with E-state index in [-0.39, 0.29) is 39.1 Å². The number of imide groups is 1. The largest absolute Gasteiger partial charge is 0.462 e. The lowest BCUT2D eigenvalue weighted by molar-refractivity contribution is -0.385. The fraction of sp³-hybridized carbons (Fsp3) is 0.172. The Morgan fingerprint density at radius 1 is 1.09 bits per heavy atom. The molecular weight excluding hydrogens is 643 g/mol. The van der Waals surface area contributed by atoms with Crippen LogP contribution in [0.15, 0.2) is 65.6 Å². The summed E-state index contributed by atoms with van der Waals surface area (Å²) < 4.78 is 49.9. The number of hydrogen-bond donors (Lipinski definition) is 1. The number of alkyl halides is 3. The molecule has 1 aliphatic heterocycles. The van der Waals surface area contributed by atoms with Crippen LogP contribution in [0.4, 0.5) is 29.3 Å². The van der Waals surface area contributed by atoms with E-state index in [0.717, 1.165) is 6.07 Å². The fourth-order valence-electron chi connectivity index (χ4n) is 3.89. The van der Waals surface area contributed by atoms with E-state index in [2.05, 4.69) is 5.32 Å². The average Bonchev–Trinajstić information content (AvgIpc) is 3.24. The van der Waals surface area contributed by atoms with Gasteiger partial charge in [0, 0.05) is 17.3 Å². The van der Waals surface area contributed by atoms with Crippen LogP contribution in [-0.2, 0) is 20.5 Å². The van der Waals surface area contributed by atoms with Gasteiger partial charge >= 0.3 is 17.8 Å². The molecule has 0 saturated carbocycles. The molecule has 1 N–H and O–H groups in total. The Morgan fingerprint density at radius 2 is 1.82 bits per heavy atom. The lowest BCUT2D eigenvalue weighted by Crippen LogP contribution is -2.36. The third-order valence-electron chi connectivity index (χ3n) is 5.99. The second-order valence-corrected chi connectivity index (χ2v) is 10.6. The SMILES string of the molecule is CCCOC(=O)c1cc(NC(=O)CN2C(=O)S/C(=C/c3ccccc3Oc3ccc(C(F)(F)F)cc3[N+](=O)[O-])C2=O)ccc1Cl. The van der Waals surface area contributed by atoms with E-state index in [1.807, 2.05) is 6.92 Å². The smallest absolute Gasteiger partial charge is 0.416 e. The molecule has 4 rings (SSSR count). The van der Waals surface area contributed by atoms with Crippen molar-refractivity contribution in [1.29, 1.82) is 0 Å². The molecule has 1 heterocycles. The van der Waals surface area contributed by atoms with E-state index in [4.69, 9.17) is 21.1 Å². The first-order valence-electron chi connectivity index (χ1n) is 12.9. The van der Waals surface area contributed by atoms with Gasteiger partial charge in [-0.05, 0) is 60.7 Å². The Labute approximate surface area is 262 Å². The summed E-state index contributed by atoms with van der Waals surface area (Å²) >= 11 is 6.59. The second-order valence-electron chi connectivity index (χ2n) is 9.22. The van der Waals surface area contributed by atoms with Gasteiger partial charge in [0.15, 0.2) is 0 Å². The Bertz CT molecular complexity index is 1730. The van der Waals surface area contributed by atoms with Gasteiger partial charge in [0.1, 0.15) is 12.3 Å². The summed E-state index contributed by atoms with van der Waals surface area (Å²) in [5.74, 6) is -2.81. The number of nitro benzene ring substituents is 1. The first-order valence-corrected chi connectivity index (χ1v) is 14.1. The normalized spacial score (nSPS) is 14.1. The van der Waals surface area contributed by atoms with Crippen molar-refractivity contribution in [2.75, 3.05) is 18.5 Å². The monoisotopic (exact) mass is 663 g/mol. The van der Waals surface area contributed by atoms with Gasteiger partial charge in [-0.3, -0.25) is 29.4 Å². The van der Waals surface area contributed by atoms with E-state index >= 15 is 0 Å². The van der Waals surface area contributed by atoms with Gasteiger partial charge < -0.3 is 14.8 Å². The summed E-state index contributed by atoms with van der Waals surface area (Å²) in [6, 6.07) is 11.7. The van der Waals surface area contributed by atoms with Crippen molar-refractivity contribution in [3.8, 4) is 11.5 Å². The van der Waals surface area contributed by atoms with Gasteiger partial charge in [-0.1, -0.05) is 36.7 Å². The van der Waals surface area contributed by atoms with Gasteiger partial charge in [0.2, 0.25) is 11.7 Å². The number of hydrogen-bond acceptors (Lipinski definition) is 9. The first kappa shape index (κ1) is 33.0. The summed E-state index contributed by atoms with van der Waals surface area (Å²) in [4.78, 5) is 61.7. The number of nitrogens with zero attached hydrogens (tertiary/aromatic N) is 2. The Morgan fingerprint density at radius 3 is 2.51 bits per heavy atom. The van der Waals surface area contributed by atoms with Gasteiger partial charge in [-0.2, -0.15) is 13.2 Å². The highest BCUT2D eigenvalue weighted by molar-refractivity contribution is 8.18. The number of rotatable bonds is 10. The third-order valence-corrected chi connectivity index (χ3v) is 7.23. The van der Waals surface area contributed by atoms with Crippen LogP contribution in [0.5, 0.6) is 11.5 Å². The lowest BCUT2D eigenvalue weighted by Gasteiger charge is -2.13. The second kappa shape index (κ2) is 13.8. The molecule has 3 aromatic rings. The van der Waals surface area contributed by atoms with Gasteiger partial charge in [-0.25, -0.2) is 4.79 Å². The third kappa shape index (κ3) is 7.99.